The number of benzene rings is 1. The molecule has 0 saturated carbocycles. The van der Waals surface area contributed by atoms with Gasteiger partial charge in [-0.25, -0.2) is 0 Å². The zero-order valence-corrected chi connectivity index (χ0v) is 12.6. The van der Waals surface area contributed by atoms with Crippen molar-refractivity contribution >= 4 is 17.5 Å². The lowest BCUT2D eigenvalue weighted by Gasteiger charge is -2.17. The molecule has 2 atom stereocenters. The van der Waals surface area contributed by atoms with Gasteiger partial charge in [-0.2, -0.15) is 0 Å². The van der Waals surface area contributed by atoms with E-state index in [1.165, 1.54) is 0 Å². The van der Waals surface area contributed by atoms with Gasteiger partial charge < -0.3 is 14.8 Å². The van der Waals surface area contributed by atoms with Crippen molar-refractivity contribution in [3.05, 3.63) is 28.8 Å². The van der Waals surface area contributed by atoms with Crippen LogP contribution in [0.2, 0.25) is 5.02 Å². The second kappa shape index (κ2) is 6.95. The topological polar surface area (TPSA) is 47.6 Å². The van der Waals surface area contributed by atoms with Crippen molar-refractivity contribution in [2.75, 3.05) is 13.2 Å². The molecule has 20 heavy (non-hydrogen) atoms. The van der Waals surface area contributed by atoms with Gasteiger partial charge in [0.05, 0.1) is 6.10 Å². The van der Waals surface area contributed by atoms with E-state index in [-0.39, 0.29) is 12.0 Å². The molecule has 1 fully saturated rings. The second-order valence-electron chi connectivity index (χ2n) is 5.05. The molecule has 1 amide bonds. The van der Waals surface area contributed by atoms with Crippen LogP contribution >= 0.6 is 11.6 Å². The lowest BCUT2D eigenvalue weighted by Crippen LogP contribution is -2.40. The lowest BCUT2D eigenvalue weighted by atomic mass is 10.2. The number of nitrogens with one attached hydrogen (secondary N) is 1. The van der Waals surface area contributed by atoms with E-state index in [2.05, 4.69) is 5.32 Å². The number of carbonyl (C=O) groups is 1. The van der Waals surface area contributed by atoms with Crippen molar-refractivity contribution in [3.8, 4) is 5.75 Å². The van der Waals surface area contributed by atoms with Gasteiger partial charge in [0.1, 0.15) is 5.75 Å². The molecule has 5 heteroatoms. The number of carbonyl (C=O) groups excluding carboxylic acids is 1. The summed E-state index contributed by atoms with van der Waals surface area (Å²) in [5.74, 6) is 0.545. The molecule has 0 radical (unpaired) electrons. The number of halogens is 1. The van der Waals surface area contributed by atoms with Crippen LogP contribution in [-0.4, -0.2) is 31.3 Å². The number of rotatable bonds is 5. The van der Waals surface area contributed by atoms with E-state index in [9.17, 15) is 4.79 Å². The molecule has 0 aromatic heterocycles. The number of hydrogen-bond acceptors (Lipinski definition) is 3. The summed E-state index contributed by atoms with van der Waals surface area (Å²) in [7, 11) is 0. The average molecular weight is 298 g/mol. The van der Waals surface area contributed by atoms with Crippen LogP contribution in [0.1, 0.15) is 25.3 Å². The SMILES string of the molecule is Cc1cc(Cl)ccc1O[C@@H](C)C(=O)NC[C@H]1CCCO1. The Kier molecular flexibility index (Phi) is 5.26. The Hall–Kier alpha value is -1.26. The first-order chi connectivity index (χ1) is 9.56. The van der Waals surface area contributed by atoms with Crippen molar-refractivity contribution in [1.29, 1.82) is 0 Å². The van der Waals surface area contributed by atoms with Crippen molar-refractivity contribution in [3.63, 3.8) is 0 Å². The summed E-state index contributed by atoms with van der Waals surface area (Å²) in [6.07, 6.45) is 1.67. The average Bonchev–Trinajstić information content (AvgIpc) is 2.92. The van der Waals surface area contributed by atoms with E-state index in [0.717, 1.165) is 25.0 Å². The number of amides is 1. The zero-order valence-electron chi connectivity index (χ0n) is 11.8. The minimum absolute atomic E-state index is 0.130. The largest absolute Gasteiger partial charge is 0.481 e. The molecule has 1 aliphatic heterocycles. The highest BCUT2D eigenvalue weighted by Gasteiger charge is 2.20. The van der Waals surface area contributed by atoms with E-state index in [0.29, 0.717) is 17.3 Å². The molecule has 0 unspecified atom stereocenters. The lowest BCUT2D eigenvalue weighted by molar-refractivity contribution is -0.127. The van der Waals surface area contributed by atoms with E-state index in [1.807, 2.05) is 13.0 Å². The molecule has 1 aromatic carbocycles. The van der Waals surface area contributed by atoms with Crippen LogP contribution in [0.3, 0.4) is 0 Å². The van der Waals surface area contributed by atoms with E-state index >= 15 is 0 Å². The Labute approximate surface area is 124 Å². The molecule has 4 nitrogen and oxygen atoms in total. The summed E-state index contributed by atoms with van der Waals surface area (Å²) < 4.78 is 11.1. The second-order valence-corrected chi connectivity index (χ2v) is 5.49. The fourth-order valence-corrected chi connectivity index (χ4v) is 2.38. The first-order valence-corrected chi connectivity index (χ1v) is 7.26. The van der Waals surface area contributed by atoms with Gasteiger partial charge in [0.25, 0.3) is 5.91 Å². The molecule has 1 N–H and O–H groups in total. The standard InChI is InChI=1S/C15H20ClNO3/c1-10-8-12(16)5-6-14(10)20-11(2)15(18)17-9-13-4-3-7-19-13/h5-6,8,11,13H,3-4,7,9H2,1-2H3,(H,17,18)/t11-,13+/m0/s1. The summed E-state index contributed by atoms with van der Waals surface area (Å²) in [4.78, 5) is 12.0. The molecule has 1 heterocycles. The first-order valence-electron chi connectivity index (χ1n) is 6.88. The van der Waals surface area contributed by atoms with Crippen LogP contribution < -0.4 is 10.1 Å². The summed E-state index contributed by atoms with van der Waals surface area (Å²) >= 11 is 5.89. The molecule has 1 saturated heterocycles. The predicted octanol–water partition coefficient (Wildman–Crippen LogP) is 2.71. The van der Waals surface area contributed by atoms with Crippen LogP contribution in [0, 0.1) is 6.92 Å². The molecule has 2 rings (SSSR count). The van der Waals surface area contributed by atoms with Crippen LogP contribution in [-0.2, 0) is 9.53 Å². The monoisotopic (exact) mass is 297 g/mol. The van der Waals surface area contributed by atoms with Crippen molar-refractivity contribution in [2.24, 2.45) is 0 Å². The van der Waals surface area contributed by atoms with Gasteiger partial charge in [0, 0.05) is 18.2 Å². The third-order valence-electron chi connectivity index (χ3n) is 3.34. The Morgan fingerprint density at radius 3 is 3.05 bits per heavy atom. The fourth-order valence-electron chi connectivity index (χ4n) is 2.15. The molecular formula is C15H20ClNO3. The molecule has 0 spiro atoms. The Morgan fingerprint density at radius 1 is 1.60 bits per heavy atom. The van der Waals surface area contributed by atoms with Gasteiger partial charge in [-0.1, -0.05) is 11.6 Å². The van der Waals surface area contributed by atoms with Gasteiger partial charge in [-0.15, -0.1) is 0 Å². The number of aryl methyl sites for hydroxylation is 1. The maximum atomic E-state index is 12.0. The molecule has 110 valence electrons. The van der Waals surface area contributed by atoms with Gasteiger partial charge in [-0.05, 0) is 50.5 Å². The third-order valence-corrected chi connectivity index (χ3v) is 3.57. The summed E-state index contributed by atoms with van der Waals surface area (Å²) in [5, 5.41) is 3.52. The maximum absolute atomic E-state index is 12.0. The maximum Gasteiger partial charge on any atom is 0.260 e. The first kappa shape index (κ1) is 15.1. The van der Waals surface area contributed by atoms with Crippen molar-refractivity contribution < 1.29 is 14.3 Å². The number of hydrogen-bond donors (Lipinski definition) is 1. The quantitative estimate of drug-likeness (QED) is 0.909. The molecule has 0 bridgehead atoms. The Morgan fingerprint density at radius 2 is 2.40 bits per heavy atom. The van der Waals surface area contributed by atoms with Crippen LogP contribution in [0.4, 0.5) is 0 Å². The number of ether oxygens (including phenoxy) is 2. The van der Waals surface area contributed by atoms with E-state index < -0.39 is 6.10 Å². The van der Waals surface area contributed by atoms with Crippen molar-refractivity contribution in [1.82, 2.24) is 5.32 Å². The molecule has 1 aromatic rings. The smallest absolute Gasteiger partial charge is 0.260 e. The molecule has 0 aliphatic carbocycles. The minimum atomic E-state index is -0.545. The summed E-state index contributed by atoms with van der Waals surface area (Å²) in [6, 6.07) is 5.34. The van der Waals surface area contributed by atoms with E-state index in [1.54, 1.807) is 19.1 Å². The highest BCUT2D eigenvalue weighted by Crippen LogP contribution is 2.22. The predicted molar refractivity (Wildman–Crippen MR) is 78.3 cm³/mol. The van der Waals surface area contributed by atoms with E-state index in [4.69, 9.17) is 21.1 Å². The molecular weight excluding hydrogens is 278 g/mol. The highest BCUT2D eigenvalue weighted by molar-refractivity contribution is 6.30. The van der Waals surface area contributed by atoms with Crippen LogP contribution in [0.15, 0.2) is 18.2 Å². The van der Waals surface area contributed by atoms with Gasteiger partial charge in [0.2, 0.25) is 0 Å². The minimum Gasteiger partial charge on any atom is -0.481 e. The Bertz CT molecular complexity index is 472. The van der Waals surface area contributed by atoms with Gasteiger partial charge in [-0.3, -0.25) is 4.79 Å². The normalized spacial score (nSPS) is 19.6. The van der Waals surface area contributed by atoms with Gasteiger partial charge >= 0.3 is 0 Å². The highest BCUT2D eigenvalue weighted by atomic mass is 35.5. The third kappa shape index (κ3) is 4.12. The zero-order chi connectivity index (χ0) is 14.5. The van der Waals surface area contributed by atoms with Crippen LogP contribution in [0.25, 0.3) is 0 Å². The fraction of sp³-hybridized carbons (Fsp3) is 0.533. The van der Waals surface area contributed by atoms with Crippen LogP contribution in [0.5, 0.6) is 5.75 Å². The molecule has 1 aliphatic rings. The summed E-state index contributed by atoms with van der Waals surface area (Å²) in [5.41, 5.74) is 0.913. The van der Waals surface area contributed by atoms with Crippen molar-refractivity contribution in [2.45, 2.75) is 38.9 Å². The van der Waals surface area contributed by atoms with Gasteiger partial charge in [0.15, 0.2) is 6.10 Å². The Balaban J connectivity index is 1.83. The summed E-state index contributed by atoms with van der Waals surface area (Å²) in [6.45, 7) is 4.97.